The fourth-order valence-corrected chi connectivity index (χ4v) is 0.821. The summed E-state index contributed by atoms with van der Waals surface area (Å²) in [5.74, 6) is 0. The lowest BCUT2D eigenvalue weighted by Gasteiger charge is -2.23. The third-order valence-electron chi connectivity index (χ3n) is 1.88. The summed E-state index contributed by atoms with van der Waals surface area (Å²) in [5.41, 5.74) is -0.723. The normalized spacial score (nSPS) is 11.1. The van der Waals surface area contributed by atoms with E-state index < -0.39 is 5.60 Å². The molecule has 0 unspecified atom stereocenters. The fourth-order valence-electron chi connectivity index (χ4n) is 0.821. The molecule has 2 nitrogen and oxygen atoms in total. The maximum Gasteiger partial charge on any atom is 0.105 e. The zero-order chi connectivity index (χ0) is 8.20. The Kier molecular flexibility index (Phi) is 3.30. The van der Waals surface area contributed by atoms with Crippen molar-refractivity contribution in [2.75, 3.05) is 0 Å². The van der Waals surface area contributed by atoms with Crippen LogP contribution in [0.4, 0.5) is 0 Å². The van der Waals surface area contributed by atoms with Crippen LogP contribution < -0.4 is 0 Å². The van der Waals surface area contributed by atoms with Gasteiger partial charge in [0.05, 0.1) is 5.71 Å². The Morgan fingerprint density at radius 3 is 2.10 bits per heavy atom. The molecule has 0 saturated carbocycles. The highest BCUT2D eigenvalue weighted by Crippen LogP contribution is 2.16. The van der Waals surface area contributed by atoms with Gasteiger partial charge in [-0.05, 0) is 18.9 Å². The van der Waals surface area contributed by atoms with Crippen LogP contribution in [0, 0.1) is 5.41 Å². The van der Waals surface area contributed by atoms with E-state index in [9.17, 15) is 5.11 Å². The Bertz CT molecular complexity index is 136. The van der Waals surface area contributed by atoms with Gasteiger partial charge < -0.3 is 10.5 Å². The molecular weight excluding hydrogens is 126 g/mol. The van der Waals surface area contributed by atoms with Gasteiger partial charge in [-0.1, -0.05) is 20.4 Å². The highest BCUT2D eigenvalue weighted by molar-refractivity contribution is 5.98. The van der Waals surface area contributed by atoms with Crippen molar-refractivity contribution >= 4 is 5.71 Å². The first-order valence-electron chi connectivity index (χ1n) is 3.54. The van der Waals surface area contributed by atoms with E-state index in [1.807, 2.05) is 13.8 Å². The van der Waals surface area contributed by atoms with Gasteiger partial charge in [-0.25, -0.2) is 0 Å². The average Bonchev–Trinajstić information content (AvgIpc) is 2.01. The standard InChI is InChI=1S/C8H15NO/c1-4-7(9)8(10,5-2)6-3/h4,9-10H,1,5-6H2,2-3H3. The van der Waals surface area contributed by atoms with Crippen LogP contribution in [0.1, 0.15) is 26.7 Å². The highest BCUT2D eigenvalue weighted by atomic mass is 16.3. The molecule has 0 spiro atoms. The molecule has 0 bridgehead atoms. The van der Waals surface area contributed by atoms with Gasteiger partial charge in [0.1, 0.15) is 5.60 Å². The zero-order valence-corrected chi connectivity index (χ0v) is 6.65. The lowest BCUT2D eigenvalue weighted by Crippen LogP contribution is -2.35. The van der Waals surface area contributed by atoms with Crippen molar-refractivity contribution in [3.63, 3.8) is 0 Å². The Morgan fingerprint density at radius 1 is 1.60 bits per heavy atom. The van der Waals surface area contributed by atoms with E-state index in [0.717, 1.165) is 0 Å². The molecule has 0 radical (unpaired) electrons. The van der Waals surface area contributed by atoms with Gasteiger partial charge in [0.25, 0.3) is 0 Å². The third kappa shape index (κ3) is 1.67. The van der Waals surface area contributed by atoms with E-state index >= 15 is 0 Å². The van der Waals surface area contributed by atoms with Crippen molar-refractivity contribution in [2.24, 2.45) is 0 Å². The molecule has 0 aliphatic carbocycles. The summed E-state index contributed by atoms with van der Waals surface area (Å²) in [5, 5.41) is 16.9. The van der Waals surface area contributed by atoms with Crippen molar-refractivity contribution in [3.05, 3.63) is 12.7 Å². The van der Waals surface area contributed by atoms with E-state index in [0.29, 0.717) is 12.8 Å². The summed E-state index contributed by atoms with van der Waals surface area (Å²) in [4.78, 5) is 0. The van der Waals surface area contributed by atoms with Crippen LogP contribution in [0.25, 0.3) is 0 Å². The maximum atomic E-state index is 9.60. The van der Waals surface area contributed by atoms with E-state index in [-0.39, 0.29) is 5.71 Å². The average molecular weight is 141 g/mol. The Morgan fingerprint density at radius 2 is 2.00 bits per heavy atom. The number of aliphatic hydroxyl groups is 1. The van der Waals surface area contributed by atoms with Gasteiger partial charge >= 0.3 is 0 Å². The molecule has 2 heteroatoms. The first-order chi connectivity index (χ1) is 4.60. The van der Waals surface area contributed by atoms with E-state index in [2.05, 4.69) is 6.58 Å². The highest BCUT2D eigenvalue weighted by Gasteiger charge is 2.25. The monoisotopic (exact) mass is 141 g/mol. The minimum absolute atomic E-state index is 0.220. The van der Waals surface area contributed by atoms with E-state index in [4.69, 9.17) is 5.41 Å². The van der Waals surface area contributed by atoms with Crippen LogP contribution in [-0.2, 0) is 0 Å². The quantitative estimate of drug-likeness (QED) is 0.575. The van der Waals surface area contributed by atoms with Gasteiger partial charge in [-0.3, -0.25) is 0 Å². The minimum atomic E-state index is -0.943. The van der Waals surface area contributed by atoms with Crippen LogP contribution >= 0.6 is 0 Å². The molecule has 0 aromatic rings. The number of hydrogen-bond acceptors (Lipinski definition) is 2. The third-order valence-corrected chi connectivity index (χ3v) is 1.88. The summed E-state index contributed by atoms with van der Waals surface area (Å²) in [6.45, 7) is 7.16. The second-order valence-corrected chi connectivity index (χ2v) is 2.36. The summed E-state index contributed by atoms with van der Waals surface area (Å²) in [7, 11) is 0. The molecule has 0 aromatic heterocycles. The predicted octanol–water partition coefficient (Wildman–Crippen LogP) is 1.74. The number of nitrogens with one attached hydrogen (secondary N) is 1. The molecule has 10 heavy (non-hydrogen) atoms. The molecular formula is C8H15NO. The molecule has 0 amide bonds. The van der Waals surface area contributed by atoms with Crippen molar-refractivity contribution in [1.82, 2.24) is 0 Å². The second-order valence-electron chi connectivity index (χ2n) is 2.36. The molecule has 0 heterocycles. The molecule has 0 aliphatic heterocycles. The lowest BCUT2D eigenvalue weighted by atomic mass is 9.92. The van der Waals surface area contributed by atoms with Gasteiger partial charge in [0, 0.05) is 0 Å². The Labute approximate surface area is 62.1 Å². The molecule has 0 atom stereocenters. The van der Waals surface area contributed by atoms with Crippen LogP contribution in [0.15, 0.2) is 12.7 Å². The number of rotatable bonds is 4. The van der Waals surface area contributed by atoms with Crippen molar-refractivity contribution in [2.45, 2.75) is 32.3 Å². The van der Waals surface area contributed by atoms with Crippen LogP contribution in [0.5, 0.6) is 0 Å². The molecule has 0 rings (SSSR count). The van der Waals surface area contributed by atoms with Crippen LogP contribution in [-0.4, -0.2) is 16.4 Å². The SMILES string of the molecule is C=CC(=N)C(O)(CC)CC. The van der Waals surface area contributed by atoms with Crippen molar-refractivity contribution in [1.29, 1.82) is 5.41 Å². The van der Waals surface area contributed by atoms with E-state index in [1.165, 1.54) is 6.08 Å². The summed E-state index contributed by atoms with van der Waals surface area (Å²) >= 11 is 0. The second kappa shape index (κ2) is 3.52. The lowest BCUT2D eigenvalue weighted by molar-refractivity contribution is 0.104. The number of hydrogen-bond donors (Lipinski definition) is 2. The Hall–Kier alpha value is -0.630. The zero-order valence-electron chi connectivity index (χ0n) is 6.65. The summed E-state index contributed by atoms with van der Waals surface area (Å²) in [6, 6.07) is 0. The molecule has 0 fully saturated rings. The first-order valence-corrected chi connectivity index (χ1v) is 3.54. The van der Waals surface area contributed by atoms with Crippen LogP contribution in [0.2, 0.25) is 0 Å². The minimum Gasteiger partial charge on any atom is -0.384 e. The van der Waals surface area contributed by atoms with Gasteiger partial charge in [0.2, 0.25) is 0 Å². The molecule has 0 saturated heterocycles. The van der Waals surface area contributed by atoms with Crippen molar-refractivity contribution < 1.29 is 5.11 Å². The summed E-state index contributed by atoms with van der Waals surface area (Å²) < 4.78 is 0. The largest absolute Gasteiger partial charge is 0.384 e. The Balaban J connectivity index is 4.31. The molecule has 2 N–H and O–H groups in total. The fraction of sp³-hybridized carbons (Fsp3) is 0.625. The first kappa shape index (κ1) is 9.37. The van der Waals surface area contributed by atoms with Gasteiger partial charge in [-0.15, -0.1) is 0 Å². The topological polar surface area (TPSA) is 44.1 Å². The van der Waals surface area contributed by atoms with Gasteiger partial charge in [-0.2, -0.15) is 0 Å². The molecule has 58 valence electrons. The molecule has 0 aromatic carbocycles. The van der Waals surface area contributed by atoms with Crippen LogP contribution in [0.3, 0.4) is 0 Å². The van der Waals surface area contributed by atoms with E-state index in [1.54, 1.807) is 0 Å². The van der Waals surface area contributed by atoms with Crippen molar-refractivity contribution in [3.8, 4) is 0 Å². The predicted molar refractivity (Wildman–Crippen MR) is 43.5 cm³/mol. The summed E-state index contributed by atoms with van der Waals surface area (Å²) in [6.07, 6.45) is 2.55. The molecule has 0 aliphatic rings. The maximum absolute atomic E-state index is 9.60. The smallest absolute Gasteiger partial charge is 0.105 e. The van der Waals surface area contributed by atoms with Gasteiger partial charge in [0.15, 0.2) is 0 Å².